The number of hydrogen-bond acceptors (Lipinski definition) is 3. The molecule has 94 valence electrons. The fraction of sp³-hybridized carbons (Fsp3) is 0.538. The standard InChI is InChI=1S/C13H19FN2O/c1-3-4-9-7-15-11-5-10(14)13(17-2)6-12(11)16-8-9/h5-6,9,15-16H,3-4,7-8H2,1-2H3. The summed E-state index contributed by atoms with van der Waals surface area (Å²) in [6.45, 7) is 3.99. The lowest BCUT2D eigenvalue weighted by atomic mass is 10.0. The van der Waals surface area contributed by atoms with Crippen molar-refractivity contribution in [3.8, 4) is 5.75 Å². The Kier molecular flexibility index (Phi) is 3.71. The van der Waals surface area contributed by atoms with Crippen LogP contribution in [0.15, 0.2) is 12.1 Å². The minimum absolute atomic E-state index is 0.284. The first-order valence-corrected chi connectivity index (χ1v) is 6.10. The van der Waals surface area contributed by atoms with Gasteiger partial charge in [0.25, 0.3) is 0 Å². The maximum Gasteiger partial charge on any atom is 0.167 e. The Labute approximate surface area is 101 Å². The number of benzene rings is 1. The van der Waals surface area contributed by atoms with E-state index < -0.39 is 0 Å². The van der Waals surface area contributed by atoms with Crippen molar-refractivity contribution in [1.82, 2.24) is 0 Å². The first-order valence-electron chi connectivity index (χ1n) is 6.10. The third-order valence-electron chi connectivity index (χ3n) is 3.15. The van der Waals surface area contributed by atoms with Gasteiger partial charge in [-0.1, -0.05) is 13.3 Å². The lowest BCUT2D eigenvalue weighted by molar-refractivity contribution is 0.387. The summed E-state index contributed by atoms with van der Waals surface area (Å²) in [5.41, 5.74) is 1.74. The van der Waals surface area contributed by atoms with E-state index in [2.05, 4.69) is 17.6 Å². The fourth-order valence-electron chi connectivity index (χ4n) is 2.20. The smallest absolute Gasteiger partial charge is 0.167 e. The minimum atomic E-state index is -0.325. The normalized spacial score (nSPS) is 18.6. The van der Waals surface area contributed by atoms with Gasteiger partial charge in [0.1, 0.15) is 0 Å². The van der Waals surface area contributed by atoms with Crippen LogP contribution in [-0.4, -0.2) is 20.2 Å². The van der Waals surface area contributed by atoms with E-state index in [1.165, 1.54) is 26.0 Å². The maximum atomic E-state index is 13.6. The molecule has 17 heavy (non-hydrogen) atoms. The molecule has 1 heterocycles. The van der Waals surface area contributed by atoms with Crippen molar-refractivity contribution in [2.45, 2.75) is 19.8 Å². The third kappa shape index (κ3) is 2.62. The molecule has 1 atom stereocenters. The highest BCUT2D eigenvalue weighted by Crippen LogP contribution is 2.32. The fourth-order valence-corrected chi connectivity index (χ4v) is 2.20. The lowest BCUT2D eigenvalue weighted by Gasteiger charge is -2.12. The molecule has 0 bridgehead atoms. The Balaban J connectivity index is 2.19. The summed E-state index contributed by atoms with van der Waals surface area (Å²) < 4.78 is 18.5. The van der Waals surface area contributed by atoms with Gasteiger partial charge in [-0.2, -0.15) is 0 Å². The molecule has 0 aromatic heterocycles. The second-order valence-electron chi connectivity index (χ2n) is 4.45. The Morgan fingerprint density at radius 3 is 2.53 bits per heavy atom. The van der Waals surface area contributed by atoms with Crippen LogP contribution in [0.1, 0.15) is 19.8 Å². The highest BCUT2D eigenvalue weighted by atomic mass is 19.1. The summed E-state index contributed by atoms with van der Waals surface area (Å²) in [5, 5.41) is 6.65. The van der Waals surface area contributed by atoms with Crippen molar-refractivity contribution in [2.75, 3.05) is 30.8 Å². The van der Waals surface area contributed by atoms with Gasteiger partial charge in [0.05, 0.1) is 18.5 Å². The minimum Gasteiger partial charge on any atom is -0.494 e. The van der Waals surface area contributed by atoms with Gasteiger partial charge in [-0.15, -0.1) is 0 Å². The molecule has 0 radical (unpaired) electrons. The number of nitrogens with one attached hydrogen (secondary N) is 2. The van der Waals surface area contributed by atoms with Gasteiger partial charge in [-0.05, 0) is 12.3 Å². The van der Waals surface area contributed by atoms with Gasteiger partial charge in [-0.25, -0.2) is 4.39 Å². The van der Waals surface area contributed by atoms with Gasteiger partial charge in [0.2, 0.25) is 0 Å². The third-order valence-corrected chi connectivity index (χ3v) is 3.15. The topological polar surface area (TPSA) is 33.3 Å². The summed E-state index contributed by atoms with van der Waals surface area (Å²) >= 11 is 0. The molecule has 1 aromatic rings. The summed E-state index contributed by atoms with van der Waals surface area (Å²) in [6.07, 6.45) is 2.34. The molecular weight excluding hydrogens is 219 g/mol. The van der Waals surface area contributed by atoms with Crippen LogP contribution in [0.2, 0.25) is 0 Å². The molecule has 0 fully saturated rings. The first-order chi connectivity index (χ1) is 8.24. The molecule has 2 rings (SSSR count). The Bertz CT molecular complexity index is 395. The van der Waals surface area contributed by atoms with E-state index in [4.69, 9.17) is 4.74 Å². The van der Waals surface area contributed by atoms with Crippen LogP contribution in [0, 0.1) is 11.7 Å². The molecule has 1 aromatic carbocycles. The second kappa shape index (κ2) is 5.25. The van der Waals surface area contributed by atoms with Gasteiger partial charge in [0, 0.05) is 25.2 Å². The van der Waals surface area contributed by atoms with Crippen molar-refractivity contribution in [3.05, 3.63) is 17.9 Å². The largest absolute Gasteiger partial charge is 0.494 e. The van der Waals surface area contributed by atoms with Crippen LogP contribution in [0.5, 0.6) is 5.75 Å². The van der Waals surface area contributed by atoms with Crippen LogP contribution < -0.4 is 15.4 Å². The van der Waals surface area contributed by atoms with Crippen molar-refractivity contribution in [1.29, 1.82) is 0 Å². The molecular formula is C13H19FN2O. The first kappa shape index (κ1) is 12.0. The van der Waals surface area contributed by atoms with Crippen LogP contribution in [0.25, 0.3) is 0 Å². The van der Waals surface area contributed by atoms with Crippen molar-refractivity contribution < 1.29 is 9.13 Å². The van der Waals surface area contributed by atoms with E-state index in [0.29, 0.717) is 5.92 Å². The Morgan fingerprint density at radius 1 is 1.29 bits per heavy atom. The molecule has 1 unspecified atom stereocenters. The molecule has 1 aliphatic heterocycles. The number of hydrogen-bond donors (Lipinski definition) is 2. The lowest BCUT2D eigenvalue weighted by Crippen LogP contribution is -2.18. The van der Waals surface area contributed by atoms with E-state index in [-0.39, 0.29) is 11.6 Å². The highest BCUT2D eigenvalue weighted by Gasteiger charge is 2.17. The molecule has 0 spiro atoms. The summed E-state index contributed by atoms with van der Waals surface area (Å²) in [4.78, 5) is 0. The van der Waals surface area contributed by atoms with Gasteiger partial charge < -0.3 is 15.4 Å². The van der Waals surface area contributed by atoms with Gasteiger partial charge in [-0.3, -0.25) is 0 Å². The predicted molar refractivity (Wildman–Crippen MR) is 68.3 cm³/mol. The SMILES string of the molecule is CCCC1CNc2cc(F)c(OC)cc2NC1. The van der Waals surface area contributed by atoms with Crippen LogP contribution >= 0.6 is 0 Å². The summed E-state index contributed by atoms with van der Waals surface area (Å²) in [7, 11) is 1.48. The van der Waals surface area contributed by atoms with Gasteiger partial charge in [0.15, 0.2) is 11.6 Å². The van der Waals surface area contributed by atoms with Crippen LogP contribution in [0.3, 0.4) is 0 Å². The highest BCUT2D eigenvalue weighted by molar-refractivity contribution is 5.71. The van der Waals surface area contributed by atoms with E-state index in [9.17, 15) is 4.39 Å². The number of anilines is 2. The molecule has 0 saturated carbocycles. The number of methoxy groups -OCH3 is 1. The molecule has 4 heteroatoms. The van der Waals surface area contributed by atoms with E-state index in [1.807, 2.05) is 0 Å². The molecule has 0 aliphatic carbocycles. The quantitative estimate of drug-likeness (QED) is 0.849. The maximum absolute atomic E-state index is 13.6. The van der Waals surface area contributed by atoms with Crippen molar-refractivity contribution >= 4 is 11.4 Å². The number of rotatable bonds is 3. The predicted octanol–water partition coefficient (Wildman–Crippen LogP) is 3.09. The van der Waals surface area contributed by atoms with Crippen molar-refractivity contribution in [3.63, 3.8) is 0 Å². The van der Waals surface area contributed by atoms with Crippen LogP contribution in [-0.2, 0) is 0 Å². The molecule has 3 nitrogen and oxygen atoms in total. The average Bonchev–Trinajstić information content (AvgIpc) is 2.52. The zero-order chi connectivity index (χ0) is 12.3. The number of fused-ring (bicyclic) bond motifs is 1. The number of ether oxygens (including phenoxy) is 1. The Hall–Kier alpha value is -1.45. The molecule has 0 saturated heterocycles. The van der Waals surface area contributed by atoms with E-state index in [1.54, 1.807) is 6.07 Å². The van der Waals surface area contributed by atoms with Crippen molar-refractivity contribution in [2.24, 2.45) is 5.92 Å². The monoisotopic (exact) mass is 238 g/mol. The summed E-state index contributed by atoms with van der Waals surface area (Å²) in [5.74, 6) is 0.544. The molecule has 2 N–H and O–H groups in total. The zero-order valence-electron chi connectivity index (χ0n) is 10.3. The Morgan fingerprint density at radius 2 is 1.94 bits per heavy atom. The van der Waals surface area contributed by atoms with Crippen LogP contribution in [0.4, 0.5) is 15.8 Å². The van der Waals surface area contributed by atoms with Gasteiger partial charge >= 0.3 is 0 Å². The number of halogens is 1. The molecule has 0 amide bonds. The zero-order valence-corrected chi connectivity index (χ0v) is 10.3. The molecule has 1 aliphatic rings. The second-order valence-corrected chi connectivity index (χ2v) is 4.45. The average molecular weight is 238 g/mol. The van der Waals surface area contributed by atoms with E-state index >= 15 is 0 Å². The summed E-state index contributed by atoms with van der Waals surface area (Å²) in [6, 6.07) is 3.21. The van der Waals surface area contributed by atoms with E-state index in [0.717, 1.165) is 24.5 Å².